The fourth-order valence-electron chi connectivity index (χ4n) is 1.85. The van der Waals surface area contributed by atoms with Crippen LogP contribution in [0.5, 0.6) is 0 Å². The van der Waals surface area contributed by atoms with Gasteiger partial charge in [0.15, 0.2) is 0 Å². The van der Waals surface area contributed by atoms with Gasteiger partial charge < -0.3 is 11.5 Å². The average molecular weight is 278 g/mol. The molecule has 3 aromatic rings. The van der Waals surface area contributed by atoms with Crippen LogP contribution in [-0.2, 0) is 0 Å². The second kappa shape index (κ2) is 3.83. The van der Waals surface area contributed by atoms with Crippen molar-refractivity contribution in [2.45, 2.75) is 0 Å². The number of fused-ring (bicyclic) bond motifs is 2. The number of hydrogen-bond donors (Lipinski definition) is 2. The van der Waals surface area contributed by atoms with E-state index in [9.17, 15) is 4.79 Å². The van der Waals surface area contributed by atoms with E-state index in [1.807, 2.05) is 12.1 Å². The fraction of sp³-hybridized carbons (Fsp3) is 0. The van der Waals surface area contributed by atoms with Crippen LogP contribution >= 0.6 is 22.9 Å². The van der Waals surface area contributed by atoms with Crippen LogP contribution in [0.2, 0.25) is 5.02 Å². The summed E-state index contributed by atoms with van der Waals surface area (Å²) in [6.45, 7) is 0. The number of nitrogens with two attached hydrogens (primary N) is 2. The highest BCUT2D eigenvalue weighted by molar-refractivity contribution is 7.21. The van der Waals surface area contributed by atoms with Gasteiger partial charge in [-0.1, -0.05) is 17.7 Å². The quantitative estimate of drug-likeness (QED) is 0.717. The fourth-order valence-corrected chi connectivity index (χ4v) is 2.95. The molecule has 1 aromatic carbocycles. The van der Waals surface area contributed by atoms with Crippen molar-refractivity contribution in [1.29, 1.82) is 0 Å². The Morgan fingerprint density at radius 2 is 2.11 bits per heavy atom. The molecule has 4 N–H and O–H groups in total. The molecule has 2 aromatic heterocycles. The minimum Gasteiger partial charge on any atom is -0.397 e. The molecule has 0 unspecified atom stereocenters. The number of nitrogen functional groups attached to an aromatic ring is 1. The molecule has 90 valence electrons. The summed E-state index contributed by atoms with van der Waals surface area (Å²) in [6.07, 6.45) is 0. The first-order valence-corrected chi connectivity index (χ1v) is 6.34. The lowest BCUT2D eigenvalue weighted by atomic mass is 10.1. The van der Waals surface area contributed by atoms with E-state index in [2.05, 4.69) is 4.98 Å². The molecular formula is C12H8ClN3OS. The summed E-state index contributed by atoms with van der Waals surface area (Å²) in [7, 11) is 0. The number of aromatic nitrogens is 1. The number of carbonyl (C=O) groups is 1. The van der Waals surface area contributed by atoms with E-state index in [1.165, 1.54) is 11.3 Å². The van der Waals surface area contributed by atoms with Crippen LogP contribution < -0.4 is 11.5 Å². The Balaban J connectivity index is 2.42. The Morgan fingerprint density at radius 3 is 2.83 bits per heavy atom. The minimum atomic E-state index is -0.530. The van der Waals surface area contributed by atoms with Gasteiger partial charge in [-0.05, 0) is 18.2 Å². The molecule has 0 fully saturated rings. The number of anilines is 1. The second-order valence-corrected chi connectivity index (χ2v) is 5.32. The summed E-state index contributed by atoms with van der Waals surface area (Å²) in [5.74, 6) is -0.530. The number of benzene rings is 1. The Morgan fingerprint density at radius 1 is 1.33 bits per heavy atom. The van der Waals surface area contributed by atoms with Gasteiger partial charge in [0.25, 0.3) is 5.91 Å². The lowest BCUT2D eigenvalue weighted by molar-refractivity contribution is 0.100. The van der Waals surface area contributed by atoms with Crippen molar-refractivity contribution in [3.63, 3.8) is 0 Å². The van der Waals surface area contributed by atoms with Gasteiger partial charge in [-0.2, -0.15) is 0 Å². The molecule has 0 aliphatic heterocycles. The van der Waals surface area contributed by atoms with Crippen LogP contribution in [0.1, 0.15) is 9.67 Å². The first kappa shape index (κ1) is 11.3. The summed E-state index contributed by atoms with van der Waals surface area (Å²) in [6, 6.07) is 7.32. The maximum atomic E-state index is 11.2. The predicted octanol–water partition coefficient (Wildman–Crippen LogP) is 2.78. The molecule has 4 nitrogen and oxygen atoms in total. The Kier molecular flexibility index (Phi) is 2.39. The van der Waals surface area contributed by atoms with E-state index >= 15 is 0 Å². The third kappa shape index (κ3) is 1.60. The van der Waals surface area contributed by atoms with E-state index in [1.54, 1.807) is 12.1 Å². The molecule has 0 aliphatic rings. The van der Waals surface area contributed by atoms with E-state index in [-0.39, 0.29) is 0 Å². The predicted molar refractivity (Wildman–Crippen MR) is 75.1 cm³/mol. The second-order valence-electron chi connectivity index (χ2n) is 3.89. The standard InChI is InChI=1S/C12H8ClN3OS/c13-6-2-1-5-3-7-9(14)10(11(15)17)18-12(7)16-8(5)4-6/h1-4H,14H2,(H2,15,17). The smallest absolute Gasteiger partial charge is 0.260 e. The lowest BCUT2D eigenvalue weighted by Gasteiger charge is -1.99. The van der Waals surface area contributed by atoms with Gasteiger partial charge in [0.05, 0.1) is 11.2 Å². The molecule has 0 saturated heterocycles. The molecule has 0 spiro atoms. The van der Waals surface area contributed by atoms with Crippen LogP contribution in [0.3, 0.4) is 0 Å². The number of amides is 1. The van der Waals surface area contributed by atoms with E-state index in [0.717, 1.165) is 16.3 Å². The number of pyridine rings is 1. The topological polar surface area (TPSA) is 82.0 Å². The molecule has 6 heteroatoms. The van der Waals surface area contributed by atoms with Crippen molar-refractivity contribution >= 4 is 55.7 Å². The van der Waals surface area contributed by atoms with Crippen molar-refractivity contribution in [3.8, 4) is 0 Å². The lowest BCUT2D eigenvalue weighted by Crippen LogP contribution is -2.10. The zero-order chi connectivity index (χ0) is 12.9. The summed E-state index contributed by atoms with van der Waals surface area (Å²) >= 11 is 7.12. The summed E-state index contributed by atoms with van der Waals surface area (Å²) < 4.78 is 0. The first-order valence-electron chi connectivity index (χ1n) is 5.14. The van der Waals surface area contributed by atoms with Crippen LogP contribution in [0.4, 0.5) is 5.69 Å². The van der Waals surface area contributed by atoms with Crippen molar-refractivity contribution in [1.82, 2.24) is 4.98 Å². The summed E-state index contributed by atoms with van der Waals surface area (Å²) in [5.41, 5.74) is 12.3. The number of rotatable bonds is 1. The van der Waals surface area contributed by atoms with Gasteiger partial charge in [0.2, 0.25) is 0 Å². The first-order chi connectivity index (χ1) is 8.56. The summed E-state index contributed by atoms with van der Waals surface area (Å²) in [5, 5.41) is 2.30. The Labute approximate surface area is 111 Å². The van der Waals surface area contributed by atoms with Crippen molar-refractivity contribution < 1.29 is 4.79 Å². The third-order valence-electron chi connectivity index (χ3n) is 2.70. The molecule has 0 aliphatic carbocycles. The van der Waals surface area contributed by atoms with Crippen LogP contribution in [-0.4, -0.2) is 10.9 Å². The maximum Gasteiger partial charge on any atom is 0.260 e. The highest BCUT2D eigenvalue weighted by atomic mass is 35.5. The van der Waals surface area contributed by atoms with Crippen molar-refractivity contribution in [3.05, 3.63) is 34.2 Å². The van der Waals surface area contributed by atoms with E-state index in [4.69, 9.17) is 23.1 Å². The van der Waals surface area contributed by atoms with Gasteiger partial charge in [0.1, 0.15) is 9.71 Å². The molecule has 1 amide bonds. The highest BCUT2D eigenvalue weighted by Crippen LogP contribution is 2.34. The van der Waals surface area contributed by atoms with Crippen LogP contribution in [0, 0.1) is 0 Å². The number of nitrogens with zero attached hydrogens (tertiary/aromatic N) is 1. The Bertz CT molecular complexity index is 797. The number of carbonyl (C=O) groups excluding carboxylic acids is 1. The van der Waals surface area contributed by atoms with Crippen LogP contribution in [0.25, 0.3) is 21.1 Å². The molecule has 2 heterocycles. The maximum absolute atomic E-state index is 11.2. The van der Waals surface area contributed by atoms with Gasteiger partial charge >= 0.3 is 0 Å². The zero-order valence-electron chi connectivity index (χ0n) is 9.11. The van der Waals surface area contributed by atoms with E-state index in [0.29, 0.717) is 20.4 Å². The molecular weight excluding hydrogens is 270 g/mol. The normalized spacial score (nSPS) is 11.2. The monoisotopic (exact) mass is 277 g/mol. The van der Waals surface area contributed by atoms with Gasteiger partial charge in [0, 0.05) is 15.8 Å². The van der Waals surface area contributed by atoms with Gasteiger partial charge in [-0.15, -0.1) is 11.3 Å². The molecule has 0 saturated carbocycles. The molecule has 3 rings (SSSR count). The number of thiophene rings is 1. The van der Waals surface area contributed by atoms with Crippen molar-refractivity contribution in [2.75, 3.05) is 5.73 Å². The third-order valence-corrected chi connectivity index (χ3v) is 4.07. The largest absolute Gasteiger partial charge is 0.397 e. The minimum absolute atomic E-state index is 0.346. The number of hydrogen-bond acceptors (Lipinski definition) is 4. The molecule has 0 atom stereocenters. The number of halogens is 1. The summed E-state index contributed by atoms with van der Waals surface area (Å²) in [4.78, 5) is 16.7. The SMILES string of the molecule is NC(=O)c1sc2nc3cc(Cl)ccc3cc2c1N. The molecule has 0 radical (unpaired) electrons. The van der Waals surface area contributed by atoms with Crippen LogP contribution in [0.15, 0.2) is 24.3 Å². The number of primary amides is 1. The van der Waals surface area contributed by atoms with Gasteiger partial charge in [-0.25, -0.2) is 4.98 Å². The van der Waals surface area contributed by atoms with Crippen molar-refractivity contribution in [2.24, 2.45) is 5.73 Å². The molecule has 18 heavy (non-hydrogen) atoms. The zero-order valence-corrected chi connectivity index (χ0v) is 10.7. The Hall–Kier alpha value is -1.85. The van der Waals surface area contributed by atoms with Gasteiger partial charge in [-0.3, -0.25) is 4.79 Å². The van der Waals surface area contributed by atoms with E-state index < -0.39 is 5.91 Å². The average Bonchev–Trinajstić information content (AvgIpc) is 2.64. The molecule has 0 bridgehead atoms. The highest BCUT2D eigenvalue weighted by Gasteiger charge is 2.15.